The fraction of sp³-hybridized carbons (Fsp3) is 0.455. The van der Waals surface area contributed by atoms with Gasteiger partial charge in [-0.05, 0) is 31.1 Å². The molecular formula is C22H29N3O3S. The molecule has 0 aliphatic carbocycles. The quantitative estimate of drug-likeness (QED) is 0.752. The van der Waals surface area contributed by atoms with Crippen LogP contribution in [0.15, 0.2) is 30.3 Å². The lowest BCUT2D eigenvalue weighted by Crippen LogP contribution is -2.41. The van der Waals surface area contributed by atoms with Gasteiger partial charge in [0.1, 0.15) is 5.00 Å². The number of hydrogen-bond donors (Lipinski definition) is 1. The molecule has 1 aromatic heterocycles. The molecule has 29 heavy (non-hydrogen) atoms. The fourth-order valence-corrected chi connectivity index (χ4v) is 4.69. The van der Waals surface area contributed by atoms with E-state index in [0.717, 1.165) is 29.1 Å². The number of hydrogen-bond acceptors (Lipinski definition) is 5. The van der Waals surface area contributed by atoms with E-state index in [-0.39, 0.29) is 11.8 Å². The molecule has 1 aliphatic heterocycles. The fourth-order valence-electron chi connectivity index (χ4n) is 3.46. The standard InChI is InChI=1S/C22H29N3O3S/c1-4-24(5-2)15-18(26)23-21-19(22(27)25-11-13-28-14-12-25)16(3)20(29-21)17-9-7-6-8-10-17/h6-10H,4-5,11-15H2,1-3H3,(H,23,26). The lowest BCUT2D eigenvalue weighted by Gasteiger charge is -2.27. The maximum Gasteiger partial charge on any atom is 0.257 e. The van der Waals surface area contributed by atoms with Crippen molar-refractivity contribution in [3.05, 3.63) is 41.5 Å². The van der Waals surface area contributed by atoms with E-state index in [0.29, 0.717) is 43.4 Å². The van der Waals surface area contributed by atoms with E-state index in [4.69, 9.17) is 4.74 Å². The number of morpholine rings is 1. The third-order valence-corrected chi connectivity index (χ3v) is 6.47. The van der Waals surface area contributed by atoms with Crippen LogP contribution in [0.2, 0.25) is 0 Å². The molecule has 6 nitrogen and oxygen atoms in total. The molecule has 2 heterocycles. The van der Waals surface area contributed by atoms with Gasteiger partial charge in [0.15, 0.2) is 0 Å². The van der Waals surface area contributed by atoms with Gasteiger partial charge in [0.2, 0.25) is 5.91 Å². The number of carbonyl (C=O) groups excluding carboxylic acids is 2. The Labute approximate surface area is 176 Å². The Hall–Kier alpha value is -2.22. The molecule has 0 spiro atoms. The second kappa shape index (κ2) is 10.0. The predicted molar refractivity (Wildman–Crippen MR) is 118 cm³/mol. The summed E-state index contributed by atoms with van der Waals surface area (Å²) in [6, 6.07) is 10.00. The highest BCUT2D eigenvalue weighted by molar-refractivity contribution is 7.20. The molecule has 1 aliphatic rings. The average Bonchev–Trinajstić information content (AvgIpc) is 3.08. The number of nitrogens with zero attached hydrogens (tertiary/aromatic N) is 2. The molecule has 3 rings (SSSR count). The largest absolute Gasteiger partial charge is 0.378 e. The van der Waals surface area contributed by atoms with E-state index in [9.17, 15) is 9.59 Å². The van der Waals surface area contributed by atoms with Crippen LogP contribution in [0.25, 0.3) is 10.4 Å². The number of benzene rings is 1. The summed E-state index contributed by atoms with van der Waals surface area (Å²) in [6.07, 6.45) is 0. The molecule has 156 valence electrons. The number of amides is 2. The van der Waals surface area contributed by atoms with Crippen molar-refractivity contribution in [1.29, 1.82) is 0 Å². The Morgan fingerprint density at radius 2 is 1.79 bits per heavy atom. The van der Waals surface area contributed by atoms with E-state index in [1.165, 1.54) is 11.3 Å². The average molecular weight is 416 g/mol. The molecule has 0 radical (unpaired) electrons. The number of ether oxygens (including phenoxy) is 1. The van der Waals surface area contributed by atoms with Gasteiger partial charge in [-0.15, -0.1) is 11.3 Å². The van der Waals surface area contributed by atoms with E-state index in [2.05, 4.69) is 10.2 Å². The van der Waals surface area contributed by atoms with Crippen LogP contribution in [-0.2, 0) is 9.53 Å². The Morgan fingerprint density at radius 1 is 1.14 bits per heavy atom. The highest BCUT2D eigenvalue weighted by Crippen LogP contribution is 2.40. The van der Waals surface area contributed by atoms with E-state index < -0.39 is 0 Å². The minimum atomic E-state index is -0.0920. The highest BCUT2D eigenvalue weighted by Gasteiger charge is 2.28. The number of rotatable bonds is 7. The summed E-state index contributed by atoms with van der Waals surface area (Å²) < 4.78 is 5.39. The van der Waals surface area contributed by atoms with Gasteiger partial charge in [-0.25, -0.2) is 0 Å². The van der Waals surface area contributed by atoms with Crippen molar-refractivity contribution in [1.82, 2.24) is 9.80 Å². The van der Waals surface area contributed by atoms with Gasteiger partial charge in [0.25, 0.3) is 5.91 Å². The molecular weight excluding hydrogens is 386 g/mol. The zero-order valence-electron chi connectivity index (χ0n) is 17.4. The number of nitrogens with one attached hydrogen (secondary N) is 1. The number of thiophene rings is 1. The molecule has 1 fully saturated rings. The molecule has 1 N–H and O–H groups in total. The maximum absolute atomic E-state index is 13.3. The van der Waals surface area contributed by atoms with Crippen LogP contribution >= 0.6 is 11.3 Å². The van der Waals surface area contributed by atoms with Crippen molar-refractivity contribution < 1.29 is 14.3 Å². The summed E-state index contributed by atoms with van der Waals surface area (Å²) in [4.78, 5) is 30.9. The summed E-state index contributed by atoms with van der Waals surface area (Å²) in [6.45, 7) is 10.2. The van der Waals surface area contributed by atoms with Crippen LogP contribution in [0.3, 0.4) is 0 Å². The van der Waals surface area contributed by atoms with Crippen LogP contribution in [0.5, 0.6) is 0 Å². The second-order valence-corrected chi connectivity index (χ2v) is 8.06. The van der Waals surface area contributed by atoms with Crippen LogP contribution in [0.1, 0.15) is 29.8 Å². The number of anilines is 1. The SMILES string of the molecule is CCN(CC)CC(=O)Nc1sc(-c2ccccc2)c(C)c1C(=O)N1CCOCC1. The first-order valence-electron chi connectivity index (χ1n) is 10.1. The maximum atomic E-state index is 13.3. The van der Waals surface area contributed by atoms with E-state index in [1.807, 2.05) is 56.0 Å². The highest BCUT2D eigenvalue weighted by atomic mass is 32.1. The lowest BCUT2D eigenvalue weighted by atomic mass is 10.1. The molecule has 2 amide bonds. The lowest BCUT2D eigenvalue weighted by molar-refractivity contribution is -0.117. The first-order valence-corrected chi connectivity index (χ1v) is 10.9. The molecule has 0 unspecified atom stereocenters. The van der Waals surface area contributed by atoms with Gasteiger partial charge in [-0.3, -0.25) is 14.5 Å². The van der Waals surface area contributed by atoms with Crippen molar-refractivity contribution in [3.63, 3.8) is 0 Å². The van der Waals surface area contributed by atoms with Gasteiger partial charge in [0.05, 0.1) is 25.3 Å². The molecule has 1 aromatic carbocycles. The minimum Gasteiger partial charge on any atom is -0.378 e. The smallest absolute Gasteiger partial charge is 0.257 e. The molecule has 0 atom stereocenters. The summed E-state index contributed by atoms with van der Waals surface area (Å²) in [5, 5.41) is 3.65. The van der Waals surface area contributed by atoms with Crippen LogP contribution in [0, 0.1) is 6.92 Å². The van der Waals surface area contributed by atoms with Crippen molar-refractivity contribution in [2.75, 3.05) is 51.3 Å². The summed E-state index contributed by atoms with van der Waals surface area (Å²) >= 11 is 1.47. The van der Waals surface area contributed by atoms with Crippen LogP contribution < -0.4 is 5.32 Å². The summed E-state index contributed by atoms with van der Waals surface area (Å²) in [5.41, 5.74) is 2.56. The molecule has 2 aromatic rings. The normalized spacial score (nSPS) is 14.3. The Kier molecular flexibility index (Phi) is 7.41. The monoisotopic (exact) mass is 415 g/mol. The van der Waals surface area contributed by atoms with Crippen molar-refractivity contribution in [3.8, 4) is 10.4 Å². The second-order valence-electron chi connectivity index (χ2n) is 7.04. The third kappa shape index (κ3) is 5.04. The minimum absolute atomic E-state index is 0.0395. The Bertz CT molecular complexity index is 840. The van der Waals surface area contributed by atoms with Crippen molar-refractivity contribution in [2.45, 2.75) is 20.8 Å². The first-order chi connectivity index (χ1) is 14.0. The topological polar surface area (TPSA) is 61.9 Å². The predicted octanol–water partition coefficient (Wildman–Crippen LogP) is 3.48. The number of likely N-dealkylation sites (N-methyl/N-ethyl adjacent to an activating group) is 1. The summed E-state index contributed by atoms with van der Waals surface area (Å²) in [5.74, 6) is -0.132. The Morgan fingerprint density at radius 3 is 2.41 bits per heavy atom. The van der Waals surface area contributed by atoms with E-state index >= 15 is 0 Å². The Balaban J connectivity index is 1.94. The van der Waals surface area contributed by atoms with Gasteiger partial charge in [0, 0.05) is 18.0 Å². The third-order valence-electron chi connectivity index (χ3n) is 5.21. The van der Waals surface area contributed by atoms with Gasteiger partial charge in [-0.2, -0.15) is 0 Å². The zero-order chi connectivity index (χ0) is 20.8. The number of carbonyl (C=O) groups is 2. The zero-order valence-corrected chi connectivity index (χ0v) is 18.2. The van der Waals surface area contributed by atoms with Crippen LogP contribution in [0.4, 0.5) is 5.00 Å². The molecule has 1 saturated heterocycles. The molecule has 0 saturated carbocycles. The molecule has 7 heteroatoms. The van der Waals surface area contributed by atoms with Gasteiger partial charge >= 0.3 is 0 Å². The van der Waals surface area contributed by atoms with Crippen molar-refractivity contribution in [2.24, 2.45) is 0 Å². The summed E-state index contributed by atoms with van der Waals surface area (Å²) in [7, 11) is 0. The first kappa shape index (κ1) is 21.5. The van der Waals surface area contributed by atoms with Gasteiger partial charge < -0.3 is 15.0 Å². The van der Waals surface area contributed by atoms with Gasteiger partial charge in [-0.1, -0.05) is 44.2 Å². The molecule has 0 bridgehead atoms. The van der Waals surface area contributed by atoms with E-state index in [1.54, 1.807) is 0 Å². The van der Waals surface area contributed by atoms with Crippen molar-refractivity contribution >= 4 is 28.2 Å². The van der Waals surface area contributed by atoms with Crippen LogP contribution in [-0.4, -0.2) is 67.6 Å².